The van der Waals surface area contributed by atoms with Gasteiger partial charge in [0.15, 0.2) is 6.19 Å². The van der Waals surface area contributed by atoms with Gasteiger partial charge in [0, 0.05) is 37.7 Å². The molecule has 0 amide bonds. The molecule has 1 aliphatic rings. The number of nitrogens with one attached hydrogen (secondary N) is 2. The van der Waals surface area contributed by atoms with Gasteiger partial charge in [0.1, 0.15) is 0 Å². The van der Waals surface area contributed by atoms with Gasteiger partial charge in [-0.3, -0.25) is 15.3 Å². The Bertz CT molecular complexity index is 724. The molecule has 0 spiro atoms. The topological polar surface area (TPSA) is 110 Å². The number of rotatable bonds is 9. The molecule has 2 N–H and O–H groups in total. The van der Waals surface area contributed by atoms with Gasteiger partial charge in [-0.25, -0.2) is 12.7 Å². The van der Waals surface area contributed by atoms with Crippen LogP contribution in [-0.2, 0) is 10.0 Å². The van der Waals surface area contributed by atoms with Crippen molar-refractivity contribution >= 4 is 21.7 Å². The number of hydrogen-bond acceptors (Lipinski definition) is 5. The number of anilines is 1. The van der Waals surface area contributed by atoms with Gasteiger partial charge >= 0.3 is 0 Å². The normalized spacial score (nSPS) is 15.9. The fourth-order valence-corrected chi connectivity index (χ4v) is 4.59. The maximum absolute atomic E-state index is 12.3. The minimum Gasteiger partial charge on any atom is -0.325 e. The van der Waals surface area contributed by atoms with E-state index in [9.17, 15) is 8.42 Å². The minimum absolute atomic E-state index is 0.237. The third-order valence-electron chi connectivity index (χ3n) is 4.41. The number of nitrogens with zero attached hydrogens (tertiary/aromatic N) is 4. The van der Waals surface area contributed by atoms with Crippen molar-refractivity contribution in [2.24, 2.45) is 4.99 Å². The number of piperidine rings is 1. The average Bonchev–Trinajstić information content (AvgIpc) is 2.69. The average molecular weight is 393 g/mol. The van der Waals surface area contributed by atoms with Crippen LogP contribution in [0.15, 0.2) is 29.5 Å². The summed E-state index contributed by atoms with van der Waals surface area (Å²) in [7, 11) is -3.09. The summed E-state index contributed by atoms with van der Waals surface area (Å²) in [4.78, 5) is 8.29. The Morgan fingerprint density at radius 1 is 1.15 bits per heavy atom. The Hall–Kier alpha value is -2.18. The van der Waals surface area contributed by atoms with Gasteiger partial charge in [0.2, 0.25) is 16.0 Å². The van der Waals surface area contributed by atoms with Crippen LogP contribution in [0.1, 0.15) is 44.9 Å². The summed E-state index contributed by atoms with van der Waals surface area (Å²) in [5.74, 6) is 0.637. The summed E-state index contributed by atoms with van der Waals surface area (Å²) in [6, 6.07) is 3.58. The second-order valence-electron chi connectivity index (χ2n) is 6.52. The first-order chi connectivity index (χ1) is 13.1. The fraction of sp³-hybridized carbons (Fsp3) is 0.611. The third-order valence-corrected chi connectivity index (χ3v) is 6.36. The lowest BCUT2D eigenvalue weighted by Crippen LogP contribution is -2.37. The Morgan fingerprint density at radius 2 is 1.85 bits per heavy atom. The van der Waals surface area contributed by atoms with Crippen LogP contribution in [-0.4, -0.2) is 49.1 Å². The zero-order chi connectivity index (χ0) is 19.4. The quantitative estimate of drug-likeness (QED) is 0.219. The monoisotopic (exact) mass is 392 g/mol. The second kappa shape index (κ2) is 11.5. The molecule has 9 heteroatoms. The number of sulfonamides is 1. The van der Waals surface area contributed by atoms with Crippen LogP contribution in [0.2, 0.25) is 0 Å². The van der Waals surface area contributed by atoms with Gasteiger partial charge in [-0.15, -0.1) is 0 Å². The first kappa shape index (κ1) is 21.1. The van der Waals surface area contributed by atoms with Crippen molar-refractivity contribution in [1.82, 2.24) is 14.6 Å². The molecule has 1 aromatic rings. The van der Waals surface area contributed by atoms with E-state index in [2.05, 4.69) is 20.6 Å². The Balaban J connectivity index is 1.64. The zero-order valence-corrected chi connectivity index (χ0v) is 16.4. The highest BCUT2D eigenvalue weighted by Gasteiger charge is 2.22. The maximum atomic E-state index is 12.3. The van der Waals surface area contributed by atoms with Crippen LogP contribution in [0.5, 0.6) is 0 Å². The standard InChI is InChI=1S/C18H28N6O2S/c19-16-22-18(23-17-8-11-20-12-9-17)21-10-4-1-2-7-15-27(25,26)24-13-5-3-6-14-24/h8-9,11-12H,1-7,10,13-15H2,(H2,20,21,22,23). The first-order valence-corrected chi connectivity index (χ1v) is 11.1. The highest BCUT2D eigenvalue weighted by molar-refractivity contribution is 7.89. The highest BCUT2D eigenvalue weighted by Crippen LogP contribution is 2.15. The van der Waals surface area contributed by atoms with E-state index in [0.29, 0.717) is 32.0 Å². The highest BCUT2D eigenvalue weighted by atomic mass is 32.2. The van der Waals surface area contributed by atoms with Crippen LogP contribution in [0.4, 0.5) is 5.69 Å². The Labute approximate surface area is 161 Å². The summed E-state index contributed by atoms with van der Waals surface area (Å²) >= 11 is 0. The van der Waals surface area contributed by atoms with E-state index in [1.165, 1.54) is 0 Å². The first-order valence-electron chi connectivity index (χ1n) is 9.46. The molecule has 1 aliphatic heterocycles. The number of guanidine groups is 1. The lowest BCUT2D eigenvalue weighted by Gasteiger charge is -2.25. The van der Waals surface area contributed by atoms with E-state index in [-0.39, 0.29) is 5.75 Å². The SMILES string of the molecule is N#CNC(=NCCCCCCS(=O)(=O)N1CCCCC1)Nc1ccncc1. The molecule has 2 heterocycles. The van der Waals surface area contributed by atoms with Crippen molar-refractivity contribution in [3.8, 4) is 6.19 Å². The van der Waals surface area contributed by atoms with Gasteiger partial charge in [0.25, 0.3) is 0 Å². The van der Waals surface area contributed by atoms with Crippen LogP contribution in [0, 0.1) is 11.5 Å². The predicted octanol–water partition coefficient (Wildman–Crippen LogP) is 2.30. The van der Waals surface area contributed by atoms with Gasteiger partial charge in [-0.1, -0.05) is 19.3 Å². The number of unbranched alkanes of at least 4 members (excludes halogenated alkanes) is 3. The molecule has 0 bridgehead atoms. The molecule has 1 aromatic heterocycles. The smallest absolute Gasteiger partial charge is 0.214 e. The second-order valence-corrected chi connectivity index (χ2v) is 8.61. The summed E-state index contributed by atoms with van der Waals surface area (Å²) in [6.07, 6.45) is 11.6. The molecule has 148 valence electrons. The van der Waals surface area contributed by atoms with Crippen LogP contribution >= 0.6 is 0 Å². The lowest BCUT2D eigenvalue weighted by atomic mass is 10.2. The molecule has 8 nitrogen and oxygen atoms in total. The number of aromatic nitrogens is 1. The molecule has 2 rings (SSSR count). The van der Waals surface area contributed by atoms with Crippen molar-refractivity contribution in [3.63, 3.8) is 0 Å². The van der Waals surface area contributed by atoms with Crippen molar-refractivity contribution in [3.05, 3.63) is 24.5 Å². The lowest BCUT2D eigenvalue weighted by molar-refractivity contribution is 0.346. The van der Waals surface area contributed by atoms with Gasteiger partial charge in [0.05, 0.1) is 5.75 Å². The minimum atomic E-state index is -3.09. The molecule has 0 saturated carbocycles. The van der Waals surface area contributed by atoms with E-state index in [1.54, 1.807) is 28.8 Å². The van der Waals surface area contributed by atoms with Crippen LogP contribution in [0.3, 0.4) is 0 Å². The molecule has 1 saturated heterocycles. The Morgan fingerprint density at radius 3 is 2.56 bits per heavy atom. The summed E-state index contributed by atoms with van der Waals surface area (Å²) < 4.78 is 26.2. The maximum Gasteiger partial charge on any atom is 0.214 e. The molecule has 1 fully saturated rings. The molecule has 0 radical (unpaired) electrons. The molecular weight excluding hydrogens is 364 g/mol. The third kappa shape index (κ3) is 7.93. The van der Waals surface area contributed by atoms with Crippen LogP contribution in [0.25, 0.3) is 0 Å². The zero-order valence-electron chi connectivity index (χ0n) is 15.6. The largest absolute Gasteiger partial charge is 0.325 e. The molecule has 0 aromatic carbocycles. The molecule has 0 unspecified atom stereocenters. The molecule has 0 aliphatic carbocycles. The predicted molar refractivity (Wildman–Crippen MR) is 107 cm³/mol. The van der Waals surface area contributed by atoms with Gasteiger partial charge < -0.3 is 5.32 Å². The Kier molecular flexibility index (Phi) is 9.01. The summed E-state index contributed by atoms with van der Waals surface area (Å²) in [5.41, 5.74) is 0.800. The van der Waals surface area contributed by atoms with Crippen LogP contribution < -0.4 is 10.6 Å². The van der Waals surface area contributed by atoms with E-state index >= 15 is 0 Å². The van der Waals surface area contributed by atoms with Crippen molar-refractivity contribution in [2.45, 2.75) is 44.9 Å². The van der Waals surface area contributed by atoms with E-state index < -0.39 is 10.0 Å². The van der Waals surface area contributed by atoms with E-state index in [1.807, 2.05) is 6.19 Å². The van der Waals surface area contributed by atoms with Gasteiger partial charge in [-0.2, -0.15) is 5.26 Å². The molecule has 27 heavy (non-hydrogen) atoms. The van der Waals surface area contributed by atoms with Crippen molar-refractivity contribution in [2.75, 3.05) is 30.7 Å². The molecular formula is C18H28N6O2S. The number of pyridine rings is 1. The number of aliphatic imine (C=N–C) groups is 1. The van der Waals surface area contributed by atoms with Crippen molar-refractivity contribution in [1.29, 1.82) is 5.26 Å². The van der Waals surface area contributed by atoms with Crippen molar-refractivity contribution < 1.29 is 8.42 Å². The van der Waals surface area contributed by atoms with Gasteiger partial charge in [-0.05, 0) is 37.8 Å². The number of hydrogen-bond donors (Lipinski definition) is 2. The molecule has 0 atom stereocenters. The number of nitriles is 1. The van der Waals surface area contributed by atoms with E-state index in [4.69, 9.17) is 5.26 Å². The van der Waals surface area contributed by atoms with E-state index in [0.717, 1.165) is 44.2 Å². The fourth-order valence-electron chi connectivity index (χ4n) is 2.95. The summed E-state index contributed by atoms with van der Waals surface area (Å²) in [5, 5.41) is 14.4. The summed E-state index contributed by atoms with van der Waals surface area (Å²) in [6.45, 7) is 1.92.